The minimum absolute atomic E-state index is 0.132. The molecule has 0 amide bonds. The van der Waals surface area contributed by atoms with Gasteiger partial charge in [0.1, 0.15) is 0 Å². The maximum absolute atomic E-state index is 4.75. The Hall–Kier alpha value is -5.93. The SMILES string of the molecule is C=CC(=CC=C(C)c1ccc2c(c1)c1cncc3c1n2-c1ccccc1C3(C)C)n1c2ccccc2c2ccc(-c3ccccc3)cc21. The van der Waals surface area contributed by atoms with E-state index in [-0.39, 0.29) is 5.41 Å². The number of nitrogens with zero attached hydrogens (tertiary/aromatic N) is 3. The van der Waals surface area contributed by atoms with Gasteiger partial charge in [-0.05, 0) is 77.2 Å². The molecule has 0 radical (unpaired) electrons. The number of hydrogen-bond donors (Lipinski definition) is 0. The number of benzene rings is 5. The van der Waals surface area contributed by atoms with Crippen molar-refractivity contribution in [2.24, 2.45) is 0 Å². The van der Waals surface area contributed by atoms with Crippen LogP contribution >= 0.6 is 0 Å². The predicted molar refractivity (Wildman–Crippen MR) is 204 cm³/mol. The molecule has 230 valence electrons. The minimum Gasteiger partial charge on any atom is -0.309 e. The summed E-state index contributed by atoms with van der Waals surface area (Å²) in [4.78, 5) is 4.75. The molecule has 0 aliphatic carbocycles. The van der Waals surface area contributed by atoms with E-state index in [4.69, 9.17) is 4.98 Å². The van der Waals surface area contributed by atoms with Crippen LogP contribution in [0.5, 0.6) is 0 Å². The van der Waals surface area contributed by atoms with Crippen molar-refractivity contribution in [2.45, 2.75) is 26.2 Å². The fraction of sp³-hybridized carbons (Fsp3) is 0.0889. The fourth-order valence-corrected chi connectivity index (χ4v) is 7.85. The first-order chi connectivity index (χ1) is 23.5. The summed E-state index contributed by atoms with van der Waals surface area (Å²) in [6, 6.07) is 41.6. The lowest BCUT2D eigenvalue weighted by atomic mass is 9.75. The normalized spacial score (nSPS) is 14.2. The zero-order valence-corrected chi connectivity index (χ0v) is 27.4. The Bertz CT molecular complexity index is 2660. The van der Waals surface area contributed by atoms with Gasteiger partial charge in [-0.25, -0.2) is 0 Å². The van der Waals surface area contributed by atoms with E-state index in [1.165, 1.54) is 82.7 Å². The van der Waals surface area contributed by atoms with Gasteiger partial charge in [0.2, 0.25) is 0 Å². The third-order valence-electron chi connectivity index (χ3n) is 10.4. The van der Waals surface area contributed by atoms with Crippen molar-refractivity contribution in [1.82, 2.24) is 14.1 Å². The summed E-state index contributed by atoms with van der Waals surface area (Å²) in [5, 5.41) is 4.88. The van der Waals surface area contributed by atoms with E-state index in [0.717, 1.165) is 5.70 Å². The maximum atomic E-state index is 4.75. The van der Waals surface area contributed by atoms with Gasteiger partial charge in [-0.15, -0.1) is 0 Å². The highest BCUT2D eigenvalue weighted by Gasteiger charge is 2.35. The number of hydrogen-bond acceptors (Lipinski definition) is 1. The van der Waals surface area contributed by atoms with E-state index in [1.54, 1.807) is 0 Å². The monoisotopic (exact) mass is 617 g/mol. The molecule has 4 heterocycles. The molecule has 0 fully saturated rings. The number of para-hydroxylation sites is 2. The molecule has 5 aromatic carbocycles. The van der Waals surface area contributed by atoms with Crippen molar-refractivity contribution in [3.63, 3.8) is 0 Å². The quantitative estimate of drug-likeness (QED) is 0.176. The Morgan fingerprint density at radius 2 is 1.42 bits per heavy atom. The van der Waals surface area contributed by atoms with E-state index >= 15 is 0 Å². The van der Waals surface area contributed by atoms with Crippen LogP contribution in [-0.2, 0) is 5.41 Å². The van der Waals surface area contributed by atoms with Crippen LogP contribution in [0.3, 0.4) is 0 Å². The summed E-state index contributed by atoms with van der Waals surface area (Å²) in [6.07, 6.45) is 10.5. The van der Waals surface area contributed by atoms with Crippen LogP contribution in [0, 0.1) is 0 Å². The highest BCUT2D eigenvalue weighted by atomic mass is 15.0. The summed E-state index contributed by atoms with van der Waals surface area (Å²) in [7, 11) is 0. The number of pyridine rings is 1. The van der Waals surface area contributed by atoms with Crippen LogP contribution in [0.25, 0.3) is 71.7 Å². The van der Waals surface area contributed by atoms with Crippen LogP contribution < -0.4 is 0 Å². The van der Waals surface area contributed by atoms with Crippen molar-refractivity contribution in [1.29, 1.82) is 0 Å². The molecule has 0 N–H and O–H groups in total. The van der Waals surface area contributed by atoms with Gasteiger partial charge in [-0.3, -0.25) is 4.98 Å². The fourth-order valence-electron chi connectivity index (χ4n) is 7.85. The second-order valence-electron chi connectivity index (χ2n) is 13.4. The zero-order chi connectivity index (χ0) is 32.6. The Labute approximate surface area is 280 Å². The van der Waals surface area contributed by atoms with Crippen LogP contribution in [0.1, 0.15) is 37.5 Å². The standard InChI is InChI=1S/C45H35N3/c1-5-33(47-40-17-11-9-15-34(40)35-23-20-32(26-43(35)47)30-13-7-6-8-14-30)22-19-29(2)31-21-24-41-36(25-31)37-27-46-28-39-44(37)48(41)42-18-12-10-16-38(42)45(39,3)4/h5-28H,1H2,2-4H3. The smallest absolute Gasteiger partial charge is 0.0612 e. The molecular weight excluding hydrogens is 583 g/mol. The largest absolute Gasteiger partial charge is 0.309 e. The van der Waals surface area contributed by atoms with E-state index in [1.807, 2.05) is 12.3 Å². The Morgan fingerprint density at radius 1 is 0.646 bits per heavy atom. The average molecular weight is 618 g/mol. The predicted octanol–water partition coefficient (Wildman–Crippen LogP) is 11.7. The molecule has 48 heavy (non-hydrogen) atoms. The van der Waals surface area contributed by atoms with Crippen LogP contribution in [0.4, 0.5) is 0 Å². The van der Waals surface area contributed by atoms with Gasteiger partial charge in [-0.1, -0.05) is 111 Å². The molecule has 0 unspecified atom stereocenters. The van der Waals surface area contributed by atoms with Crippen molar-refractivity contribution in [3.05, 3.63) is 169 Å². The molecular formula is C45H35N3. The summed E-state index contributed by atoms with van der Waals surface area (Å²) in [5.74, 6) is 0. The van der Waals surface area contributed by atoms with Crippen molar-refractivity contribution in [2.75, 3.05) is 0 Å². The van der Waals surface area contributed by atoms with Gasteiger partial charge in [0.05, 0.1) is 27.8 Å². The topological polar surface area (TPSA) is 22.8 Å². The third-order valence-corrected chi connectivity index (χ3v) is 10.4. The van der Waals surface area contributed by atoms with Crippen LogP contribution in [0.2, 0.25) is 0 Å². The van der Waals surface area contributed by atoms with E-state index in [9.17, 15) is 0 Å². The molecule has 0 spiro atoms. The molecule has 0 saturated carbocycles. The average Bonchev–Trinajstić information content (AvgIpc) is 3.64. The number of allylic oxidation sites excluding steroid dienone is 5. The Kier molecular flexibility index (Phi) is 6.22. The van der Waals surface area contributed by atoms with E-state index < -0.39 is 0 Å². The zero-order valence-electron chi connectivity index (χ0n) is 27.4. The molecule has 1 aliphatic heterocycles. The van der Waals surface area contributed by atoms with Gasteiger partial charge >= 0.3 is 0 Å². The first-order valence-electron chi connectivity index (χ1n) is 16.6. The third kappa shape index (κ3) is 4.04. The van der Waals surface area contributed by atoms with Gasteiger partial charge < -0.3 is 9.13 Å². The van der Waals surface area contributed by atoms with E-state index in [2.05, 4.69) is 170 Å². The molecule has 3 heteroatoms. The van der Waals surface area contributed by atoms with Gasteiger partial charge in [0.15, 0.2) is 0 Å². The van der Waals surface area contributed by atoms with Crippen molar-refractivity contribution >= 4 is 54.9 Å². The molecule has 3 aromatic heterocycles. The molecule has 9 rings (SSSR count). The van der Waals surface area contributed by atoms with Gasteiger partial charge in [-0.2, -0.15) is 0 Å². The lowest BCUT2D eigenvalue weighted by Crippen LogP contribution is -2.26. The first kappa shape index (κ1) is 28.3. The molecule has 3 nitrogen and oxygen atoms in total. The molecule has 0 atom stereocenters. The summed E-state index contributed by atoms with van der Waals surface area (Å²) in [5.41, 5.74) is 14.3. The molecule has 1 aliphatic rings. The molecule has 8 aromatic rings. The minimum atomic E-state index is -0.132. The number of aromatic nitrogens is 3. The maximum Gasteiger partial charge on any atom is 0.0612 e. The van der Waals surface area contributed by atoms with Crippen LogP contribution in [-0.4, -0.2) is 14.1 Å². The lowest BCUT2D eigenvalue weighted by molar-refractivity contribution is 0.627. The van der Waals surface area contributed by atoms with Crippen molar-refractivity contribution < 1.29 is 0 Å². The number of rotatable bonds is 5. The second-order valence-corrected chi connectivity index (χ2v) is 13.4. The van der Waals surface area contributed by atoms with Crippen molar-refractivity contribution in [3.8, 4) is 16.8 Å². The Morgan fingerprint density at radius 3 is 2.27 bits per heavy atom. The van der Waals surface area contributed by atoms with Crippen LogP contribution in [0.15, 0.2) is 152 Å². The molecule has 0 saturated heterocycles. The first-order valence-corrected chi connectivity index (χ1v) is 16.6. The Balaban J connectivity index is 1.19. The second kappa shape index (κ2) is 10.5. The summed E-state index contributed by atoms with van der Waals surface area (Å²) in [6.45, 7) is 11.1. The molecule has 0 bridgehead atoms. The highest BCUT2D eigenvalue weighted by Crippen LogP contribution is 2.47. The van der Waals surface area contributed by atoms with Gasteiger partial charge in [0.25, 0.3) is 0 Å². The van der Waals surface area contributed by atoms with E-state index in [0.29, 0.717) is 0 Å². The number of fused-ring (bicyclic) bond motifs is 8. The highest BCUT2D eigenvalue weighted by molar-refractivity contribution is 6.13. The summed E-state index contributed by atoms with van der Waals surface area (Å²) >= 11 is 0. The lowest BCUT2D eigenvalue weighted by Gasteiger charge is -2.34. The summed E-state index contributed by atoms with van der Waals surface area (Å²) < 4.78 is 4.78. The van der Waals surface area contributed by atoms with Gasteiger partial charge in [0, 0.05) is 50.6 Å².